The van der Waals surface area contributed by atoms with Crippen molar-refractivity contribution in [1.29, 1.82) is 0 Å². The second-order valence-electron chi connectivity index (χ2n) is 7.03. The van der Waals surface area contributed by atoms with Crippen LogP contribution in [0.4, 0.5) is 0 Å². The fraction of sp³-hybridized carbons (Fsp3) is 1.00. The molecule has 0 bridgehead atoms. The predicted octanol–water partition coefficient (Wildman–Crippen LogP) is 3.84. The third kappa shape index (κ3) is 8.12. The summed E-state index contributed by atoms with van der Waals surface area (Å²) in [4.78, 5) is 0. The Morgan fingerprint density at radius 2 is 1.20 bits per heavy atom. The SMILES string of the molecule is CC(C)(C)NN(SC(C)(C)C)C(C)(C)C. The van der Waals surface area contributed by atoms with Crippen LogP contribution in [0.3, 0.4) is 0 Å². The Morgan fingerprint density at radius 3 is 1.40 bits per heavy atom. The maximum absolute atomic E-state index is 3.55. The van der Waals surface area contributed by atoms with E-state index < -0.39 is 0 Å². The van der Waals surface area contributed by atoms with Gasteiger partial charge in [-0.1, -0.05) is 11.9 Å². The van der Waals surface area contributed by atoms with Gasteiger partial charge >= 0.3 is 0 Å². The van der Waals surface area contributed by atoms with E-state index in [0.717, 1.165) is 0 Å². The zero-order valence-electron chi connectivity index (χ0n) is 11.9. The Morgan fingerprint density at radius 1 is 0.800 bits per heavy atom. The van der Waals surface area contributed by atoms with Crippen LogP contribution in [0, 0.1) is 0 Å². The number of rotatable bonds is 2. The molecule has 0 saturated heterocycles. The van der Waals surface area contributed by atoms with Crippen LogP contribution in [0.1, 0.15) is 62.3 Å². The van der Waals surface area contributed by atoms with Gasteiger partial charge in [-0.25, -0.2) is 5.43 Å². The van der Waals surface area contributed by atoms with E-state index >= 15 is 0 Å². The molecule has 0 heterocycles. The summed E-state index contributed by atoms with van der Waals surface area (Å²) in [5, 5.41) is 0. The predicted molar refractivity (Wildman–Crippen MR) is 71.8 cm³/mol. The van der Waals surface area contributed by atoms with Gasteiger partial charge in [0.25, 0.3) is 0 Å². The van der Waals surface area contributed by atoms with Crippen LogP contribution in [0.25, 0.3) is 0 Å². The molecule has 0 rings (SSSR count). The second-order valence-corrected chi connectivity index (χ2v) is 8.80. The molecule has 0 aliphatic heterocycles. The van der Waals surface area contributed by atoms with E-state index in [0.29, 0.717) is 0 Å². The van der Waals surface area contributed by atoms with E-state index in [-0.39, 0.29) is 15.8 Å². The van der Waals surface area contributed by atoms with E-state index in [1.807, 2.05) is 11.9 Å². The molecule has 0 aromatic carbocycles. The Labute approximate surface area is 100 Å². The zero-order chi connectivity index (χ0) is 12.5. The van der Waals surface area contributed by atoms with Gasteiger partial charge in [0, 0.05) is 15.8 Å². The average molecular weight is 232 g/mol. The summed E-state index contributed by atoms with van der Waals surface area (Å²) in [6.07, 6.45) is 0. The summed E-state index contributed by atoms with van der Waals surface area (Å²) >= 11 is 1.86. The Bertz CT molecular complexity index is 177. The molecule has 2 nitrogen and oxygen atoms in total. The van der Waals surface area contributed by atoms with Gasteiger partial charge in [0.05, 0.1) is 0 Å². The van der Waals surface area contributed by atoms with Crippen molar-refractivity contribution in [1.82, 2.24) is 9.84 Å². The van der Waals surface area contributed by atoms with Crippen LogP contribution in [-0.2, 0) is 0 Å². The van der Waals surface area contributed by atoms with Crippen molar-refractivity contribution in [2.45, 2.75) is 78.1 Å². The molecule has 0 amide bonds. The third-order valence-corrected chi connectivity index (χ3v) is 2.78. The van der Waals surface area contributed by atoms with Crippen molar-refractivity contribution in [3.8, 4) is 0 Å². The first-order chi connectivity index (χ1) is 6.31. The van der Waals surface area contributed by atoms with E-state index in [1.165, 1.54) is 0 Å². The van der Waals surface area contributed by atoms with E-state index in [2.05, 4.69) is 72.2 Å². The number of hydrazine groups is 1. The molecular weight excluding hydrogens is 204 g/mol. The van der Waals surface area contributed by atoms with Gasteiger partial charge in [0.1, 0.15) is 0 Å². The monoisotopic (exact) mass is 232 g/mol. The molecule has 1 N–H and O–H groups in total. The molecule has 0 fully saturated rings. The summed E-state index contributed by atoms with van der Waals surface area (Å²) in [7, 11) is 0. The molecule has 0 aromatic rings. The minimum atomic E-state index is 0.103. The van der Waals surface area contributed by atoms with Crippen molar-refractivity contribution in [3.05, 3.63) is 0 Å². The molecule has 0 aliphatic carbocycles. The Kier molecular flexibility index (Phi) is 4.72. The van der Waals surface area contributed by atoms with Gasteiger partial charge in [-0.2, -0.15) is 4.41 Å². The highest BCUT2D eigenvalue weighted by atomic mass is 32.2. The molecule has 0 saturated carbocycles. The lowest BCUT2D eigenvalue weighted by Gasteiger charge is -2.42. The van der Waals surface area contributed by atoms with Gasteiger partial charge in [-0.15, -0.1) is 0 Å². The molecule has 0 radical (unpaired) electrons. The highest BCUT2D eigenvalue weighted by molar-refractivity contribution is 7.98. The minimum Gasteiger partial charge on any atom is -0.240 e. The number of nitrogens with zero attached hydrogens (tertiary/aromatic N) is 1. The normalized spacial score (nSPS) is 14.8. The number of hydrogen-bond acceptors (Lipinski definition) is 3. The lowest BCUT2D eigenvalue weighted by molar-refractivity contribution is 0.144. The number of hydrogen-bond donors (Lipinski definition) is 1. The molecule has 3 heteroatoms. The highest BCUT2D eigenvalue weighted by Gasteiger charge is 2.29. The molecule has 0 atom stereocenters. The summed E-state index contributed by atoms with van der Waals surface area (Å²) in [6, 6.07) is 0. The van der Waals surface area contributed by atoms with Crippen molar-refractivity contribution in [2.24, 2.45) is 0 Å². The van der Waals surface area contributed by atoms with E-state index in [9.17, 15) is 0 Å². The van der Waals surface area contributed by atoms with Crippen molar-refractivity contribution >= 4 is 11.9 Å². The maximum Gasteiger partial charge on any atom is 0.0383 e. The smallest absolute Gasteiger partial charge is 0.0383 e. The molecular formula is C12H28N2S. The molecule has 0 aliphatic rings. The Balaban J connectivity index is 4.62. The molecule has 0 unspecified atom stereocenters. The van der Waals surface area contributed by atoms with Gasteiger partial charge in [-0.3, -0.25) is 0 Å². The third-order valence-electron chi connectivity index (χ3n) is 1.41. The summed E-state index contributed by atoms with van der Waals surface area (Å²) < 4.78 is 2.50. The maximum atomic E-state index is 3.55. The van der Waals surface area contributed by atoms with Gasteiger partial charge in [0.15, 0.2) is 0 Å². The standard InChI is InChI=1S/C12H28N2S/c1-10(2,3)13-14(11(4,5)6)15-12(7,8)9/h13H,1-9H3. The molecule has 15 heavy (non-hydrogen) atoms. The van der Waals surface area contributed by atoms with Crippen molar-refractivity contribution in [2.75, 3.05) is 0 Å². The molecule has 0 spiro atoms. The first-order valence-corrected chi connectivity index (χ1v) is 6.36. The van der Waals surface area contributed by atoms with Crippen LogP contribution in [0.5, 0.6) is 0 Å². The van der Waals surface area contributed by atoms with Crippen LogP contribution in [0.15, 0.2) is 0 Å². The second kappa shape index (κ2) is 4.64. The van der Waals surface area contributed by atoms with Crippen molar-refractivity contribution in [3.63, 3.8) is 0 Å². The number of nitrogens with one attached hydrogen (secondary N) is 1. The fourth-order valence-corrected chi connectivity index (χ4v) is 2.05. The largest absolute Gasteiger partial charge is 0.240 e. The van der Waals surface area contributed by atoms with Crippen LogP contribution >= 0.6 is 11.9 Å². The first-order valence-electron chi connectivity index (χ1n) is 5.58. The van der Waals surface area contributed by atoms with Gasteiger partial charge < -0.3 is 0 Å². The van der Waals surface area contributed by atoms with Crippen molar-refractivity contribution < 1.29 is 0 Å². The quantitative estimate of drug-likeness (QED) is 0.575. The Hall–Kier alpha value is 0.270. The fourth-order valence-electron chi connectivity index (χ4n) is 0.906. The lowest BCUT2D eigenvalue weighted by atomic mass is 10.1. The summed E-state index contributed by atoms with van der Waals surface area (Å²) in [5.41, 5.74) is 3.77. The molecule has 0 aromatic heterocycles. The van der Waals surface area contributed by atoms with Crippen LogP contribution in [-0.4, -0.2) is 20.2 Å². The first kappa shape index (κ1) is 15.3. The van der Waals surface area contributed by atoms with E-state index in [4.69, 9.17) is 0 Å². The summed E-state index contributed by atoms with van der Waals surface area (Å²) in [6.45, 7) is 20.0. The lowest BCUT2D eigenvalue weighted by Crippen LogP contribution is -2.54. The van der Waals surface area contributed by atoms with Gasteiger partial charge in [0.2, 0.25) is 0 Å². The van der Waals surface area contributed by atoms with Crippen LogP contribution < -0.4 is 5.43 Å². The van der Waals surface area contributed by atoms with Crippen LogP contribution in [0.2, 0.25) is 0 Å². The summed E-state index contributed by atoms with van der Waals surface area (Å²) in [5.74, 6) is 0. The van der Waals surface area contributed by atoms with E-state index in [1.54, 1.807) is 0 Å². The topological polar surface area (TPSA) is 15.3 Å². The average Bonchev–Trinajstić information content (AvgIpc) is 1.75. The zero-order valence-corrected chi connectivity index (χ0v) is 12.7. The highest BCUT2D eigenvalue weighted by Crippen LogP contribution is 2.32. The minimum absolute atomic E-state index is 0.103. The van der Waals surface area contributed by atoms with Gasteiger partial charge in [-0.05, 0) is 62.3 Å². The molecule has 92 valence electrons.